The molecule has 1 N–H and O–H groups in total. The molecular weight excluding hydrogens is 260 g/mol. The molecule has 0 fully saturated rings. The average Bonchev–Trinajstić information content (AvgIpc) is 2.85. The number of rotatable bonds is 3. The summed E-state index contributed by atoms with van der Waals surface area (Å²) in [5.41, 5.74) is 4.36. The zero-order valence-electron chi connectivity index (χ0n) is 12.8. The summed E-state index contributed by atoms with van der Waals surface area (Å²) < 4.78 is 5.71. The summed E-state index contributed by atoms with van der Waals surface area (Å²) >= 11 is 0. The molecule has 110 valence electrons. The van der Waals surface area contributed by atoms with Crippen LogP contribution in [0.3, 0.4) is 0 Å². The Morgan fingerprint density at radius 2 is 1.62 bits per heavy atom. The van der Waals surface area contributed by atoms with Crippen molar-refractivity contribution >= 4 is 0 Å². The van der Waals surface area contributed by atoms with Crippen LogP contribution in [-0.4, -0.2) is 11.2 Å². The Balaban J connectivity index is 1.85. The van der Waals surface area contributed by atoms with E-state index in [2.05, 4.69) is 39.0 Å². The normalized spacial score (nSPS) is 18.4. The highest BCUT2D eigenvalue weighted by atomic mass is 16.5. The molecule has 0 amide bonds. The van der Waals surface area contributed by atoms with E-state index in [1.165, 1.54) is 11.1 Å². The second-order valence-electron chi connectivity index (χ2n) is 6.22. The zero-order chi connectivity index (χ0) is 15.0. The second-order valence-corrected chi connectivity index (χ2v) is 6.22. The Labute approximate surface area is 126 Å². The fraction of sp³-hybridized carbons (Fsp3) is 0.368. The van der Waals surface area contributed by atoms with Gasteiger partial charge in [-0.25, -0.2) is 0 Å². The highest BCUT2D eigenvalue weighted by molar-refractivity contribution is 5.43. The predicted octanol–water partition coefficient (Wildman–Crippen LogP) is 4.22. The molecule has 2 unspecified atom stereocenters. The summed E-state index contributed by atoms with van der Waals surface area (Å²) in [6.45, 7) is 6.42. The van der Waals surface area contributed by atoms with Gasteiger partial charge in [-0.1, -0.05) is 44.2 Å². The summed E-state index contributed by atoms with van der Waals surface area (Å²) in [5.74, 6) is 1.46. The molecular formula is C19H22O2. The number of fused-ring (bicyclic) bond motifs is 1. The largest absolute Gasteiger partial charge is 0.490 e. The number of ether oxygens (including phenoxy) is 1. The molecule has 1 aliphatic heterocycles. The number of aliphatic hydroxyl groups excluding tert-OH is 1. The lowest BCUT2D eigenvalue weighted by Gasteiger charge is -2.14. The van der Waals surface area contributed by atoms with Gasteiger partial charge in [0.1, 0.15) is 18.0 Å². The van der Waals surface area contributed by atoms with Gasteiger partial charge >= 0.3 is 0 Å². The van der Waals surface area contributed by atoms with Gasteiger partial charge < -0.3 is 9.84 Å². The third-order valence-corrected chi connectivity index (χ3v) is 4.15. The molecule has 2 heteroatoms. The van der Waals surface area contributed by atoms with E-state index in [0.717, 1.165) is 23.3 Å². The van der Waals surface area contributed by atoms with Crippen molar-refractivity contribution in [2.75, 3.05) is 0 Å². The standard InChI is InChI=1S/C19H22O2/c1-12(2)14-4-6-15(7-5-14)19(20)16-8-9-18-17(11-16)10-13(3)21-18/h4-9,11-13,19-20H,10H2,1-3H3. The molecule has 2 aromatic rings. The van der Waals surface area contributed by atoms with E-state index >= 15 is 0 Å². The first-order valence-electron chi connectivity index (χ1n) is 7.62. The summed E-state index contributed by atoms with van der Waals surface area (Å²) in [6, 6.07) is 14.2. The lowest BCUT2D eigenvalue weighted by molar-refractivity contribution is 0.220. The molecule has 0 spiro atoms. The van der Waals surface area contributed by atoms with Crippen LogP contribution in [0.25, 0.3) is 0 Å². The van der Waals surface area contributed by atoms with Crippen LogP contribution in [0.2, 0.25) is 0 Å². The van der Waals surface area contributed by atoms with E-state index in [-0.39, 0.29) is 6.10 Å². The average molecular weight is 282 g/mol. The van der Waals surface area contributed by atoms with E-state index in [1.807, 2.05) is 24.3 Å². The van der Waals surface area contributed by atoms with E-state index in [4.69, 9.17) is 4.74 Å². The molecule has 3 rings (SSSR count). The number of aliphatic hydroxyl groups is 1. The highest BCUT2D eigenvalue weighted by Gasteiger charge is 2.21. The molecule has 0 radical (unpaired) electrons. The van der Waals surface area contributed by atoms with Gasteiger partial charge in [-0.2, -0.15) is 0 Å². The summed E-state index contributed by atoms with van der Waals surface area (Å²) in [7, 11) is 0. The molecule has 21 heavy (non-hydrogen) atoms. The minimum atomic E-state index is -0.576. The minimum Gasteiger partial charge on any atom is -0.490 e. The van der Waals surface area contributed by atoms with Crippen LogP contribution in [0.4, 0.5) is 0 Å². The molecule has 0 aromatic heterocycles. The zero-order valence-corrected chi connectivity index (χ0v) is 12.8. The first kappa shape index (κ1) is 14.2. The van der Waals surface area contributed by atoms with Crippen molar-refractivity contribution in [1.82, 2.24) is 0 Å². The Bertz CT molecular complexity index is 629. The van der Waals surface area contributed by atoms with Gasteiger partial charge in [0.2, 0.25) is 0 Å². The lowest BCUT2D eigenvalue weighted by Crippen LogP contribution is -2.05. The maximum absolute atomic E-state index is 10.6. The molecule has 2 nitrogen and oxygen atoms in total. The van der Waals surface area contributed by atoms with Crippen LogP contribution in [0, 0.1) is 0 Å². The number of benzene rings is 2. The smallest absolute Gasteiger partial charge is 0.123 e. The summed E-state index contributed by atoms with van der Waals surface area (Å²) in [4.78, 5) is 0. The summed E-state index contributed by atoms with van der Waals surface area (Å²) in [6.07, 6.45) is 0.576. The van der Waals surface area contributed by atoms with Gasteiger partial charge in [-0.05, 0) is 47.2 Å². The van der Waals surface area contributed by atoms with Crippen molar-refractivity contribution in [3.8, 4) is 5.75 Å². The third kappa shape index (κ3) is 2.81. The van der Waals surface area contributed by atoms with E-state index in [0.29, 0.717) is 5.92 Å². The quantitative estimate of drug-likeness (QED) is 0.913. The van der Waals surface area contributed by atoms with Gasteiger partial charge in [-0.3, -0.25) is 0 Å². The van der Waals surface area contributed by atoms with E-state index < -0.39 is 6.10 Å². The SMILES string of the molecule is CC1Cc2cc(C(O)c3ccc(C(C)C)cc3)ccc2O1. The highest BCUT2D eigenvalue weighted by Crippen LogP contribution is 2.33. The Kier molecular flexibility index (Phi) is 3.73. The Morgan fingerprint density at radius 3 is 2.29 bits per heavy atom. The number of hydrogen-bond donors (Lipinski definition) is 1. The van der Waals surface area contributed by atoms with Gasteiger partial charge in [0.15, 0.2) is 0 Å². The Morgan fingerprint density at radius 1 is 1.00 bits per heavy atom. The van der Waals surface area contributed by atoms with Crippen molar-refractivity contribution in [2.24, 2.45) is 0 Å². The first-order valence-corrected chi connectivity index (χ1v) is 7.62. The molecule has 1 aliphatic rings. The van der Waals surface area contributed by atoms with Gasteiger partial charge in [0.25, 0.3) is 0 Å². The van der Waals surface area contributed by atoms with Crippen molar-refractivity contribution in [2.45, 2.75) is 45.3 Å². The lowest BCUT2D eigenvalue weighted by atomic mass is 9.95. The van der Waals surface area contributed by atoms with Crippen molar-refractivity contribution in [3.05, 3.63) is 64.7 Å². The molecule has 2 atom stereocenters. The molecule has 0 saturated heterocycles. The molecule has 0 bridgehead atoms. The molecule has 2 aromatic carbocycles. The summed E-state index contributed by atoms with van der Waals surface area (Å²) in [5, 5.41) is 10.6. The molecule has 0 aliphatic carbocycles. The van der Waals surface area contributed by atoms with Gasteiger partial charge in [0, 0.05) is 6.42 Å². The van der Waals surface area contributed by atoms with Crippen LogP contribution >= 0.6 is 0 Å². The predicted molar refractivity (Wildman–Crippen MR) is 84.8 cm³/mol. The first-order chi connectivity index (χ1) is 10.0. The van der Waals surface area contributed by atoms with Gasteiger partial charge in [-0.15, -0.1) is 0 Å². The minimum absolute atomic E-state index is 0.234. The van der Waals surface area contributed by atoms with Crippen molar-refractivity contribution in [3.63, 3.8) is 0 Å². The third-order valence-electron chi connectivity index (χ3n) is 4.15. The maximum atomic E-state index is 10.6. The van der Waals surface area contributed by atoms with E-state index in [9.17, 15) is 5.11 Å². The van der Waals surface area contributed by atoms with Crippen LogP contribution in [0.5, 0.6) is 5.75 Å². The number of hydrogen-bond acceptors (Lipinski definition) is 2. The maximum Gasteiger partial charge on any atom is 0.123 e. The van der Waals surface area contributed by atoms with Crippen molar-refractivity contribution < 1.29 is 9.84 Å². The Hall–Kier alpha value is -1.80. The molecule has 0 saturated carbocycles. The fourth-order valence-corrected chi connectivity index (χ4v) is 2.87. The topological polar surface area (TPSA) is 29.5 Å². The van der Waals surface area contributed by atoms with Crippen LogP contribution in [0.1, 0.15) is 55.0 Å². The van der Waals surface area contributed by atoms with Crippen LogP contribution in [-0.2, 0) is 6.42 Å². The van der Waals surface area contributed by atoms with Crippen LogP contribution in [0.15, 0.2) is 42.5 Å². The van der Waals surface area contributed by atoms with Gasteiger partial charge in [0.05, 0.1) is 0 Å². The van der Waals surface area contributed by atoms with E-state index in [1.54, 1.807) is 0 Å². The van der Waals surface area contributed by atoms with Crippen molar-refractivity contribution in [1.29, 1.82) is 0 Å². The van der Waals surface area contributed by atoms with Crippen LogP contribution < -0.4 is 4.74 Å². The molecule has 1 heterocycles. The fourth-order valence-electron chi connectivity index (χ4n) is 2.87. The monoisotopic (exact) mass is 282 g/mol. The second kappa shape index (κ2) is 5.53.